The SMILES string of the molecule is CCCCN1CCCC[C@@H]1c1cccnc1N(C(=O)OC(C)(C)C)C(C)C. The minimum Gasteiger partial charge on any atom is -0.443 e. The number of piperidine rings is 1. The zero-order valence-electron chi connectivity index (χ0n) is 18.0. The van der Waals surface area contributed by atoms with Crippen molar-refractivity contribution < 1.29 is 9.53 Å². The molecule has 2 heterocycles. The lowest BCUT2D eigenvalue weighted by molar-refractivity contribution is 0.0568. The van der Waals surface area contributed by atoms with Crippen LogP contribution < -0.4 is 4.90 Å². The second-order valence-electron chi connectivity index (χ2n) is 8.76. The molecule has 1 saturated heterocycles. The van der Waals surface area contributed by atoms with Gasteiger partial charge in [0.25, 0.3) is 0 Å². The summed E-state index contributed by atoms with van der Waals surface area (Å²) in [4.78, 5) is 21.9. The third-order valence-electron chi connectivity index (χ3n) is 4.92. The molecule has 0 bridgehead atoms. The van der Waals surface area contributed by atoms with E-state index in [0.29, 0.717) is 6.04 Å². The second kappa shape index (κ2) is 9.54. The first-order valence-electron chi connectivity index (χ1n) is 10.5. The molecule has 0 saturated carbocycles. The predicted molar refractivity (Wildman–Crippen MR) is 111 cm³/mol. The number of carbonyl (C=O) groups is 1. The summed E-state index contributed by atoms with van der Waals surface area (Å²) in [7, 11) is 0. The lowest BCUT2D eigenvalue weighted by Gasteiger charge is -2.38. The van der Waals surface area contributed by atoms with Gasteiger partial charge in [-0.1, -0.05) is 25.8 Å². The summed E-state index contributed by atoms with van der Waals surface area (Å²) in [6.07, 6.45) is 7.42. The van der Waals surface area contributed by atoms with Crippen molar-refractivity contribution in [3.63, 3.8) is 0 Å². The number of pyridine rings is 1. The van der Waals surface area contributed by atoms with Crippen LogP contribution in [0, 0.1) is 0 Å². The lowest BCUT2D eigenvalue weighted by Crippen LogP contribution is -2.43. The number of nitrogens with zero attached hydrogens (tertiary/aromatic N) is 3. The van der Waals surface area contributed by atoms with Crippen molar-refractivity contribution in [1.82, 2.24) is 9.88 Å². The number of likely N-dealkylation sites (tertiary alicyclic amines) is 1. The maximum atomic E-state index is 12.9. The molecule has 5 heteroatoms. The van der Waals surface area contributed by atoms with Gasteiger partial charge in [-0.15, -0.1) is 0 Å². The molecule has 0 aliphatic carbocycles. The fraction of sp³-hybridized carbons (Fsp3) is 0.727. The highest BCUT2D eigenvalue weighted by molar-refractivity contribution is 5.88. The van der Waals surface area contributed by atoms with Crippen LogP contribution in [0.1, 0.15) is 85.3 Å². The molecule has 1 aliphatic rings. The topological polar surface area (TPSA) is 45.7 Å². The van der Waals surface area contributed by atoms with Gasteiger partial charge in [-0.25, -0.2) is 9.78 Å². The highest BCUT2D eigenvalue weighted by Gasteiger charge is 2.32. The third kappa shape index (κ3) is 5.93. The number of hydrogen-bond acceptors (Lipinski definition) is 4. The molecule has 0 radical (unpaired) electrons. The van der Waals surface area contributed by atoms with Crippen molar-refractivity contribution in [1.29, 1.82) is 0 Å². The number of hydrogen-bond donors (Lipinski definition) is 0. The molecule has 1 aromatic rings. The molecule has 2 rings (SSSR count). The van der Waals surface area contributed by atoms with E-state index in [1.165, 1.54) is 25.7 Å². The molecule has 27 heavy (non-hydrogen) atoms. The Morgan fingerprint density at radius 2 is 2.11 bits per heavy atom. The molecule has 1 amide bonds. The standard InChI is InChI=1S/C22H37N3O2/c1-7-8-15-24-16-10-9-13-19(24)18-12-11-14-23-20(18)25(17(2)3)21(26)27-22(4,5)6/h11-12,14,17,19H,7-10,13,15-16H2,1-6H3/t19-/m1/s1. The number of amides is 1. The molecule has 152 valence electrons. The minimum absolute atomic E-state index is 0.0267. The summed E-state index contributed by atoms with van der Waals surface area (Å²) in [6.45, 7) is 14.2. The second-order valence-corrected chi connectivity index (χ2v) is 8.76. The summed E-state index contributed by atoms with van der Waals surface area (Å²) >= 11 is 0. The smallest absolute Gasteiger partial charge is 0.416 e. The average molecular weight is 376 g/mol. The molecule has 0 N–H and O–H groups in total. The first-order valence-corrected chi connectivity index (χ1v) is 10.5. The van der Waals surface area contributed by atoms with Crippen LogP contribution >= 0.6 is 0 Å². The van der Waals surface area contributed by atoms with Gasteiger partial charge in [-0.2, -0.15) is 0 Å². The van der Waals surface area contributed by atoms with Gasteiger partial charge >= 0.3 is 6.09 Å². The van der Waals surface area contributed by atoms with E-state index in [2.05, 4.69) is 22.9 Å². The van der Waals surface area contributed by atoms with Crippen LogP contribution in [-0.4, -0.2) is 40.7 Å². The highest BCUT2D eigenvalue weighted by Crippen LogP contribution is 2.36. The summed E-state index contributed by atoms with van der Waals surface area (Å²) in [6, 6.07) is 4.41. The monoisotopic (exact) mass is 375 g/mol. The van der Waals surface area contributed by atoms with Crippen LogP contribution in [-0.2, 0) is 4.74 Å². The molecular formula is C22H37N3O2. The summed E-state index contributed by atoms with van der Waals surface area (Å²) < 4.78 is 5.68. The predicted octanol–water partition coefficient (Wildman–Crippen LogP) is 5.56. The number of rotatable bonds is 6. The zero-order chi connectivity index (χ0) is 20.0. The van der Waals surface area contributed by atoms with Gasteiger partial charge in [-0.3, -0.25) is 9.80 Å². The molecule has 0 spiro atoms. The molecule has 1 fully saturated rings. The number of ether oxygens (including phenoxy) is 1. The van der Waals surface area contributed by atoms with Crippen molar-refractivity contribution in [3.05, 3.63) is 23.9 Å². The molecule has 1 aliphatic heterocycles. The van der Waals surface area contributed by atoms with E-state index in [4.69, 9.17) is 4.74 Å². The van der Waals surface area contributed by atoms with E-state index in [1.54, 1.807) is 11.1 Å². The van der Waals surface area contributed by atoms with Gasteiger partial charge in [0, 0.05) is 23.8 Å². The van der Waals surface area contributed by atoms with Gasteiger partial charge in [0.15, 0.2) is 0 Å². The average Bonchev–Trinajstić information content (AvgIpc) is 2.59. The van der Waals surface area contributed by atoms with E-state index in [1.807, 2.05) is 40.7 Å². The molecule has 1 aromatic heterocycles. The Bertz CT molecular complexity index is 610. The van der Waals surface area contributed by atoms with Gasteiger partial charge in [0.2, 0.25) is 0 Å². The van der Waals surface area contributed by atoms with Crippen LogP contribution in [0.15, 0.2) is 18.3 Å². The maximum absolute atomic E-state index is 12.9. The van der Waals surface area contributed by atoms with E-state index in [-0.39, 0.29) is 12.1 Å². The third-order valence-corrected chi connectivity index (χ3v) is 4.92. The minimum atomic E-state index is -0.531. The quantitative estimate of drug-likeness (QED) is 0.653. The van der Waals surface area contributed by atoms with Crippen LogP contribution in [0.3, 0.4) is 0 Å². The van der Waals surface area contributed by atoms with Crippen molar-refractivity contribution in [2.24, 2.45) is 0 Å². The summed E-state index contributed by atoms with van der Waals surface area (Å²) in [5.41, 5.74) is 0.616. The number of anilines is 1. The maximum Gasteiger partial charge on any atom is 0.416 e. The van der Waals surface area contributed by atoms with E-state index in [0.717, 1.165) is 30.9 Å². The fourth-order valence-electron chi connectivity index (χ4n) is 3.70. The van der Waals surface area contributed by atoms with Gasteiger partial charge in [-0.05, 0) is 73.0 Å². The van der Waals surface area contributed by atoms with Crippen molar-refractivity contribution in [2.75, 3.05) is 18.0 Å². The van der Waals surface area contributed by atoms with Crippen LogP contribution in [0.25, 0.3) is 0 Å². The Kier molecular flexibility index (Phi) is 7.66. The van der Waals surface area contributed by atoms with E-state index < -0.39 is 5.60 Å². The normalized spacial score (nSPS) is 18.6. The molecule has 5 nitrogen and oxygen atoms in total. The van der Waals surface area contributed by atoms with Gasteiger partial charge < -0.3 is 4.74 Å². The van der Waals surface area contributed by atoms with Crippen LogP contribution in [0.2, 0.25) is 0 Å². The first-order chi connectivity index (χ1) is 12.7. The first kappa shape index (κ1) is 21.7. The molecule has 0 unspecified atom stereocenters. The highest BCUT2D eigenvalue weighted by atomic mass is 16.6. The molecule has 1 atom stereocenters. The van der Waals surface area contributed by atoms with Crippen molar-refractivity contribution in [2.45, 2.75) is 91.3 Å². The Hall–Kier alpha value is -1.62. The molecular weight excluding hydrogens is 338 g/mol. The molecule has 0 aromatic carbocycles. The Labute approximate surface area is 165 Å². The van der Waals surface area contributed by atoms with Crippen molar-refractivity contribution >= 4 is 11.9 Å². The Balaban J connectivity index is 2.37. The summed E-state index contributed by atoms with van der Waals surface area (Å²) in [5.74, 6) is 0.746. The van der Waals surface area contributed by atoms with E-state index in [9.17, 15) is 4.79 Å². The Morgan fingerprint density at radius 3 is 2.74 bits per heavy atom. The largest absolute Gasteiger partial charge is 0.443 e. The van der Waals surface area contributed by atoms with Crippen molar-refractivity contribution in [3.8, 4) is 0 Å². The van der Waals surface area contributed by atoms with Crippen LogP contribution in [0.5, 0.6) is 0 Å². The van der Waals surface area contributed by atoms with Gasteiger partial charge in [0.05, 0.1) is 0 Å². The fourth-order valence-corrected chi connectivity index (χ4v) is 3.70. The number of carbonyl (C=O) groups excluding carboxylic acids is 1. The zero-order valence-corrected chi connectivity index (χ0v) is 18.0. The number of aromatic nitrogens is 1. The van der Waals surface area contributed by atoms with Gasteiger partial charge in [0.1, 0.15) is 11.4 Å². The van der Waals surface area contributed by atoms with Crippen LogP contribution in [0.4, 0.5) is 10.6 Å². The number of unbranched alkanes of at least 4 members (excludes halogenated alkanes) is 1. The lowest BCUT2D eigenvalue weighted by atomic mass is 9.94. The van der Waals surface area contributed by atoms with E-state index >= 15 is 0 Å². The Morgan fingerprint density at radius 1 is 1.37 bits per heavy atom. The summed E-state index contributed by atoms with van der Waals surface area (Å²) in [5, 5.41) is 0.